The van der Waals surface area contributed by atoms with Crippen LogP contribution in [0.25, 0.3) is 0 Å². The molecule has 1 aliphatic rings. The molecule has 1 saturated heterocycles. The van der Waals surface area contributed by atoms with E-state index in [2.05, 4.69) is 0 Å². The zero-order chi connectivity index (χ0) is 12.3. The summed E-state index contributed by atoms with van der Waals surface area (Å²) in [5.41, 5.74) is 0. The van der Waals surface area contributed by atoms with Crippen molar-refractivity contribution >= 4 is 11.9 Å². The largest absolute Gasteiger partial charge is 0.480 e. The van der Waals surface area contributed by atoms with E-state index in [0.29, 0.717) is 0 Å². The number of aliphatic hydroxyl groups is 1. The van der Waals surface area contributed by atoms with Crippen LogP contribution in [0, 0.1) is 5.92 Å². The molecule has 1 fully saturated rings. The lowest BCUT2D eigenvalue weighted by atomic mass is 10.0. The summed E-state index contributed by atoms with van der Waals surface area (Å²) in [6.07, 6.45) is 1.07. The van der Waals surface area contributed by atoms with Crippen molar-refractivity contribution in [3.8, 4) is 0 Å². The number of β-amino-alcohol motifs (C(OH)–C–C–N with tert-alkyl or cyclic N) is 1. The smallest absolute Gasteiger partial charge is 0.326 e. The number of amides is 1. The molecule has 0 aromatic heterocycles. The van der Waals surface area contributed by atoms with Gasteiger partial charge in [-0.25, -0.2) is 4.79 Å². The number of aliphatic carboxylic acids is 1. The van der Waals surface area contributed by atoms with Crippen LogP contribution in [0.2, 0.25) is 0 Å². The van der Waals surface area contributed by atoms with Crippen LogP contribution in [0.3, 0.4) is 0 Å². The van der Waals surface area contributed by atoms with Gasteiger partial charge in [0.05, 0.1) is 6.10 Å². The number of nitrogens with zero attached hydrogens (tertiary/aromatic N) is 1. The lowest BCUT2D eigenvalue weighted by Gasteiger charge is -2.24. The highest BCUT2D eigenvalue weighted by atomic mass is 16.4. The Hall–Kier alpha value is -1.10. The average molecular weight is 229 g/mol. The van der Waals surface area contributed by atoms with Crippen LogP contribution < -0.4 is 0 Å². The van der Waals surface area contributed by atoms with Crippen LogP contribution in [0.5, 0.6) is 0 Å². The van der Waals surface area contributed by atoms with Gasteiger partial charge in [0, 0.05) is 18.9 Å². The van der Waals surface area contributed by atoms with Gasteiger partial charge < -0.3 is 15.1 Å². The molecular formula is C11H19NO4. The van der Waals surface area contributed by atoms with Crippen LogP contribution in [-0.2, 0) is 9.59 Å². The first kappa shape index (κ1) is 13.0. The fourth-order valence-corrected chi connectivity index (χ4v) is 2.13. The van der Waals surface area contributed by atoms with Gasteiger partial charge in [0.2, 0.25) is 5.91 Å². The lowest BCUT2D eigenvalue weighted by Crippen LogP contribution is -2.43. The van der Waals surface area contributed by atoms with Gasteiger partial charge in [-0.15, -0.1) is 0 Å². The normalized spacial score (nSPS) is 26.8. The molecule has 92 valence electrons. The molecule has 3 atom stereocenters. The Balaban J connectivity index is 2.70. The van der Waals surface area contributed by atoms with Gasteiger partial charge in [-0.2, -0.15) is 0 Å². The lowest BCUT2D eigenvalue weighted by molar-refractivity contribution is -0.149. The first-order valence-corrected chi connectivity index (χ1v) is 5.68. The zero-order valence-electron chi connectivity index (χ0n) is 9.72. The van der Waals surface area contributed by atoms with Crippen molar-refractivity contribution in [3.63, 3.8) is 0 Å². The third-order valence-electron chi connectivity index (χ3n) is 2.99. The molecule has 1 heterocycles. The fraction of sp³-hybridized carbons (Fsp3) is 0.818. The molecule has 0 aromatic rings. The molecule has 1 amide bonds. The van der Waals surface area contributed by atoms with E-state index in [-0.39, 0.29) is 24.8 Å². The van der Waals surface area contributed by atoms with Crippen LogP contribution in [0.1, 0.15) is 33.1 Å². The molecule has 0 aliphatic carbocycles. The number of carboxylic acids is 1. The topological polar surface area (TPSA) is 77.8 Å². The van der Waals surface area contributed by atoms with Gasteiger partial charge >= 0.3 is 5.97 Å². The number of hydrogen-bond acceptors (Lipinski definition) is 3. The van der Waals surface area contributed by atoms with Gasteiger partial charge in [0.25, 0.3) is 0 Å². The molecule has 1 aliphatic heterocycles. The highest BCUT2D eigenvalue weighted by Gasteiger charge is 2.39. The van der Waals surface area contributed by atoms with Gasteiger partial charge in [-0.3, -0.25) is 4.79 Å². The maximum Gasteiger partial charge on any atom is 0.326 e. The van der Waals surface area contributed by atoms with Crippen LogP contribution in [-0.4, -0.2) is 45.7 Å². The minimum atomic E-state index is -1.03. The maximum atomic E-state index is 11.9. The van der Waals surface area contributed by atoms with E-state index in [1.54, 1.807) is 6.92 Å². The van der Waals surface area contributed by atoms with E-state index in [0.717, 1.165) is 12.8 Å². The summed E-state index contributed by atoms with van der Waals surface area (Å²) in [7, 11) is 0. The molecule has 1 rings (SSSR count). The quantitative estimate of drug-likeness (QED) is 0.734. The monoisotopic (exact) mass is 229 g/mol. The number of rotatable bonds is 4. The third kappa shape index (κ3) is 2.72. The standard InChI is InChI=1S/C11H19NO4/c1-3-4-7(2)10(14)12-6-8(13)5-9(12)11(15)16/h7-9,13H,3-6H2,1-2H3,(H,15,16)/t7?,8-,9-/m0/s1. The molecule has 1 unspecified atom stereocenters. The van der Waals surface area contributed by atoms with Crippen LogP contribution >= 0.6 is 0 Å². The SMILES string of the molecule is CCCC(C)C(=O)N1C[C@@H](O)C[C@H]1C(=O)O. The highest BCUT2D eigenvalue weighted by molar-refractivity contribution is 5.85. The van der Waals surface area contributed by atoms with Crippen molar-refractivity contribution in [2.45, 2.75) is 45.3 Å². The second kappa shape index (κ2) is 5.30. The Morgan fingerprint density at radius 1 is 1.50 bits per heavy atom. The molecular weight excluding hydrogens is 210 g/mol. The van der Waals surface area contributed by atoms with Gasteiger partial charge in [0.1, 0.15) is 6.04 Å². The molecule has 2 N–H and O–H groups in total. The molecule has 0 saturated carbocycles. The Morgan fingerprint density at radius 2 is 2.12 bits per heavy atom. The molecule has 0 bridgehead atoms. The Labute approximate surface area is 95.1 Å². The number of aliphatic hydroxyl groups excluding tert-OH is 1. The second-order valence-corrected chi connectivity index (χ2v) is 4.42. The minimum Gasteiger partial charge on any atom is -0.480 e. The van der Waals surface area contributed by atoms with Crippen LogP contribution in [0.15, 0.2) is 0 Å². The number of likely N-dealkylation sites (tertiary alicyclic amines) is 1. The highest BCUT2D eigenvalue weighted by Crippen LogP contribution is 2.22. The summed E-state index contributed by atoms with van der Waals surface area (Å²) in [4.78, 5) is 24.2. The van der Waals surface area contributed by atoms with Gasteiger partial charge in [-0.05, 0) is 6.42 Å². The van der Waals surface area contributed by atoms with E-state index in [1.165, 1.54) is 4.90 Å². The first-order valence-electron chi connectivity index (χ1n) is 5.68. The molecule has 0 spiro atoms. The second-order valence-electron chi connectivity index (χ2n) is 4.42. The van der Waals surface area contributed by atoms with Crippen molar-refractivity contribution in [1.29, 1.82) is 0 Å². The predicted octanol–water partition coefficient (Wildman–Crippen LogP) is 0.469. The number of hydrogen-bond donors (Lipinski definition) is 2. The van der Waals surface area contributed by atoms with Gasteiger partial charge in [0.15, 0.2) is 0 Å². The Morgan fingerprint density at radius 3 is 2.62 bits per heavy atom. The fourth-order valence-electron chi connectivity index (χ4n) is 2.13. The molecule has 0 aromatic carbocycles. The Kier molecular flexibility index (Phi) is 4.29. The minimum absolute atomic E-state index is 0.139. The first-order chi connectivity index (χ1) is 7.47. The van der Waals surface area contributed by atoms with Crippen molar-refractivity contribution in [2.24, 2.45) is 5.92 Å². The Bertz CT molecular complexity index is 279. The van der Waals surface area contributed by atoms with E-state index in [4.69, 9.17) is 5.11 Å². The number of carbonyl (C=O) groups is 2. The zero-order valence-corrected chi connectivity index (χ0v) is 9.72. The van der Waals surface area contributed by atoms with Crippen molar-refractivity contribution in [3.05, 3.63) is 0 Å². The van der Waals surface area contributed by atoms with Crippen molar-refractivity contribution < 1.29 is 19.8 Å². The summed E-state index contributed by atoms with van der Waals surface area (Å²) in [6.45, 7) is 3.93. The summed E-state index contributed by atoms with van der Waals surface area (Å²) in [5.74, 6) is -1.36. The van der Waals surface area contributed by atoms with E-state index >= 15 is 0 Å². The third-order valence-corrected chi connectivity index (χ3v) is 2.99. The summed E-state index contributed by atoms with van der Waals surface area (Å²) >= 11 is 0. The van der Waals surface area contributed by atoms with Gasteiger partial charge in [-0.1, -0.05) is 20.3 Å². The molecule has 5 heteroatoms. The van der Waals surface area contributed by atoms with Crippen LogP contribution in [0.4, 0.5) is 0 Å². The number of carboxylic acid groups (broad SMARTS) is 1. The summed E-state index contributed by atoms with van der Waals surface area (Å²) in [6, 6.07) is -0.859. The summed E-state index contributed by atoms with van der Waals surface area (Å²) in [5, 5.41) is 18.4. The summed E-state index contributed by atoms with van der Waals surface area (Å²) < 4.78 is 0. The van der Waals surface area contributed by atoms with E-state index < -0.39 is 18.1 Å². The van der Waals surface area contributed by atoms with E-state index in [9.17, 15) is 14.7 Å². The predicted molar refractivity (Wildman–Crippen MR) is 57.8 cm³/mol. The van der Waals surface area contributed by atoms with Crippen molar-refractivity contribution in [1.82, 2.24) is 4.90 Å². The molecule has 16 heavy (non-hydrogen) atoms. The maximum absolute atomic E-state index is 11.9. The number of carbonyl (C=O) groups excluding carboxylic acids is 1. The van der Waals surface area contributed by atoms with Crippen molar-refractivity contribution in [2.75, 3.05) is 6.54 Å². The molecule has 0 radical (unpaired) electrons. The average Bonchev–Trinajstić information content (AvgIpc) is 2.59. The van der Waals surface area contributed by atoms with E-state index in [1.807, 2.05) is 6.92 Å². The molecule has 5 nitrogen and oxygen atoms in total.